The summed E-state index contributed by atoms with van der Waals surface area (Å²) in [7, 11) is 0. The summed E-state index contributed by atoms with van der Waals surface area (Å²) in [5.41, 5.74) is 2.35. The minimum atomic E-state index is 0.230. The van der Waals surface area contributed by atoms with Crippen molar-refractivity contribution in [2.24, 2.45) is 5.92 Å². The Morgan fingerprint density at radius 3 is 2.71 bits per heavy atom. The normalized spacial score (nSPS) is 15.1. The first kappa shape index (κ1) is 12.2. The topological polar surface area (TPSA) is 26.3 Å². The molecule has 1 aliphatic carbocycles. The maximum Gasteiger partial charge on any atom is 0.173 e. The molecule has 2 nitrogen and oxygen atoms in total. The summed E-state index contributed by atoms with van der Waals surface area (Å²) in [6, 6.07) is 6.21. The van der Waals surface area contributed by atoms with Crippen LogP contribution in [0.25, 0.3) is 0 Å². The molecule has 0 unspecified atom stereocenters. The first-order valence-electron chi connectivity index (χ1n) is 6.34. The fraction of sp³-hybridized carbons (Fsp3) is 0.533. The molecule has 1 aromatic rings. The molecule has 1 fully saturated rings. The molecule has 2 rings (SSSR count). The SMILES string of the molecule is Cc1ccc(C(C)C)c(OCC(=O)C2CC2)c1. The van der Waals surface area contributed by atoms with Crippen molar-refractivity contribution >= 4 is 5.78 Å². The maximum atomic E-state index is 11.6. The molecule has 0 aromatic heterocycles. The lowest BCUT2D eigenvalue weighted by Gasteiger charge is -2.14. The van der Waals surface area contributed by atoms with Crippen LogP contribution in [0.2, 0.25) is 0 Å². The first-order chi connectivity index (χ1) is 8.08. The second kappa shape index (κ2) is 4.91. The van der Waals surface area contributed by atoms with Gasteiger partial charge in [0.1, 0.15) is 12.4 Å². The average molecular weight is 232 g/mol. The lowest BCUT2D eigenvalue weighted by molar-refractivity contribution is -0.122. The van der Waals surface area contributed by atoms with Crippen molar-refractivity contribution in [3.63, 3.8) is 0 Å². The zero-order valence-electron chi connectivity index (χ0n) is 10.8. The molecule has 2 heteroatoms. The highest BCUT2D eigenvalue weighted by Gasteiger charge is 2.29. The summed E-state index contributed by atoms with van der Waals surface area (Å²) < 4.78 is 5.69. The van der Waals surface area contributed by atoms with E-state index in [9.17, 15) is 4.79 Å². The highest BCUT2D eigenvalue weighted by Crippen LogP contribution is 2.31. The van der Waals surface area contributed by atoms with Gasteiger partial charge in [-0.15, -0.1) is 0 Å². The molecule has 17 heavy (non-hydrogen) atoms. The summed E-state index contributed by atoms with van der Waals surface area (Å²) in [6.07, 6.45) is 2.10. The third-order valence-corrected chi connectivity index (χ3v) is 3.19. The van der Waals surface area contributed by atoms with Crippen molar-refractivity contribution in [1.29, 1.82) is 0 Å². The van der Waals surface area contributed by atoms with Gasteiger partial charge in [0.2, 0.25) is 0 Å². The summed E-state index contributed by atoms with van der Waals surface area (Å²) in [5.74, 6) is 1.82. The van der Waals surface area contributed by atoms with E-state index >= 15 is 0 Å². The van der Waals surface area contributed by atoms with Crippen molar-refractivity contribution < 1.29 is 9.53 Å². The predicted molar refractivity (Wildman–Crippen MR) is 68.5 cm³/mol. The van der Waals surface area contributed by atoms with Gasteiger partial charge in [-0.2, -0.15) is 0 Å². The van der Waals surface area contributed by atoms with E-state index in [1.165, 1.54) is 11.1 Å². The third kappa shape index (κ3) is 3.09. The zero-order chi connectivity index (χ0) is 12.4. The molecule has 0 aliphatic heterocycles. The second-order valence-corrected chi connectivity index (χ2v) is 5.23. The Morgan fingerprint density at radius 1 is 1.41 bits per heavy atom. The summed E-state index contributed by atoms with van der Waals surface area (Å²) in [6.45, 7) is 6.55. The summed E-state index contributed by atoms with van der Waals surface area (Å²) >= 11 is 0. The summed E-state index contributed by atoms with van der Waals surface area (Å²) in [5, 5.41) is 0. The van der Waals surface area contributed by atoms with Crippen LogP contribution in [0.4, 0.5) is 0 Å². The Labute approximate surface area is 103 Å². The molecule has 0 amide bonds. The van der Waals surface area contributed by atoms with Gasteiger partial charge in [-0.25, -0.2) is 0 Å². The Balaban J connectivity index is 2.07. The van der Waals surface area contributed by atoms with Crippen LogP contribution in [-0.2, 0) is 4.79 Å². The number of ketones is 1. The molecular weight excluding hydrogens is 212 g/mol. The van der Waals surface area contributed by atoms with Gasteiger partial charge in [0.05, 0.1) is 0 Å². The molecule has 0 saturated heterocycles. The van der Waals surface area contributed by atoms with Gasteiger partial charge in [-0.05, 0) is 42.9 Å². The fourth-order valence-electron chi connectivity index (χ4n) is 1.92. The molecule has 0 heterocycles. The van der Waals surface area contributed by atoms with Crippen LogP contribution in [0.5, 0.6) is 5.75 Å². The highest BCUT2D eigenvalue weighted by molar-refractivity contribution is 5.84. The number of carbonyl (C=O) groups is 1. The van der Waals surface area contributed by atoms with Crippen molar-refractivity contribution in [2.75, 3.05) is 6.61 Å². The maximum absolute atomic E-state index is 11.6. The smallest absolute Gasteiger partial charge is 0.173 e. The van der Waals surface area contributed by atoms with Gasteiger partial charge in [0.15, 0.2) is 5.78 Å². The molecule has 0 atom stereocenters. The Bertz CT molecular complexity index is 417. The monoisotopic (exact) mass is 232 g/mol. The largest absolute Gasteiger partial charge is 0.486 e. The third-order valence-electron chi connectivity index (χ3n) is 3.19. The van der Waals surface area contributed by atoms with Gasteiger partial charge in [-0.1, -0.05) is 26.0 Å². The lowest BCUT2D eigenvalue weighted by Crippen LogP contribution is -2.13. The molecule has 1 aliphatic rings. The quantitative estimate of drug-likeness (QED) is 0.777. The predicted octanol–water partition coefficient (Wildman–Crippen LogP) is 3.48. The van der Waals surface area contributed by atoms with Gasteiger partial charge in [-0.3, -0.25) is 4.79 Å². The second-order valence-electron chi connectivity index (χ2n) is 5.23. The number of benzene rings is 1. The molecule has 0 bridgehead atoms. The van der Waals surface area contributed by atoms with Gasteiger partial charge >= 0.3 is 0 Å². The lowest BCUT2D eigenvalue weighted by atomic mass is 10.0. The number of Topliss-reactive ketones (excluding diaryl/α,β-unsaturated/α-hetero) is 1. The van der Waals surface area contributed by atoms with Gasteiger partial charge in [0.25, 0.3) is 0 Å². The molecule has 0 N–H and O–H groups in total. The first-order valence-corrected chi connectivity index (χ1v) is 6.34. The van der Waals surface area contributed by atoms with Crippen LogP contribution in [0.15, 0.2) is 18.2 Å². The van der Waals surface area contributed by atoms with Crippen LogP contribution < -0.4 is 4.74 Å². The van der Waals surface area contributed by atoms with Gasteiger partial charge in [0, 0.05) is 5.92 Å². The number of hydrogen-bond donors (Lipinski definition) is 0. The molecule has 0 radical (unpaired) electrons. The molecule has 92 valence electrons. The van der Waals surface area contributed by atoms with Crippen molar-refractivity contribution in [3.8, 4) is 5.75 Å². The van der Waals surface area contributed by atoms with E-state index < -0.39 is 0 Å². The molecule has 0 spiro atoms. The number of aryl methyl sites for hydroxylation is 1. The van der Waals surface area contributed by atoms with Crippen LogP contribution in [0, 0.1) is 12.8 Å². The van der Waals surface area contributed by atoms with E-state index in [0.29, 0.717) is 5.92 Å². The van der Waals surface area contributed by atoms with Gasteiger partial charge < -0.3 is 4.74 Å². The van der Waals surface area contributed by atoms with E-state index in [4.69, 9.17) is 4.74 Å². The number of rotatable bonds is 5. The van der Waals surface area contributed by atoms with E-state index in [-0.39, 0.29) is 18.3 Å². The Kier molecular flexibility index (Phi) is 3.51. The number of carbonyl (C=O) groups excluding carboxylic acids is 1. The molecular formula is C15H20O2. The van der Waals surface area contributed by atoms with E-state index in [1.54, 1.807) is 0 Å². The molecule has 1 saturated carbocycles. The zero-order valence-corrected chi connectivity index (χ0v) is 10.8. The van der Waals surface area contributed by atoms with Crippen LogP contribution >= 0.6 is 0 Å². The Hall–Kier alpha value is -1.31. The average Bonchev–Trinajstić information content (AvgIpc) is 3.09. The van der Waals surface area contributed by atoms with E-state index in [1.807, 2.05) is 13.0 Å². The van der Waals surface area contributed by atoms with Crippen molar-refractivity contribution in [2.45, 2.75) is 39.5 Å². The van der Waals surface area contributed by atoms with Crippen LogP contribution in [-0.4, -0.2) is 12.4 Å². The standard InChI is InChI=1S/C15H20O2/c1-10(2)13-7-4-11(3)8-15(13)17-9-14(16)12-5-6-12/h4,7-8,10,12H,5-6,9H2,1-3H3. The minimum Gasteiger partial charge on any atom is -0.486 e. The van der Waals surface area contributed by atoms with Crippen LogP contribution in [0.3, 0.4) is 0 Å². The minimum absolute atomic E-state index is 0.230. The number of hydrogen-bond acceptors (Lipinski definition) is 2. The van der Waals surface area contributed by atoms with Crippen molar-refractivity contribution in [3.05, 3.63) is 29.3 Å². The Morgan fingerprint density at radius 2 is 2.12 bits per heavy atom. The number of ether oxygens (including phenoxy) is 1. The summed E-state index contributed by atoms with van der Waals surface area (Å²) in [4.78, 5) is 11.6. The highest BCUT2D eigenvalue weighted by atomic mass is 16.5. The molecule has 1 aromatic carbocycles. The van der Waals surface area contributed by atoms with E-state index in [2.05, 4.69) is 26.0 Å². The van der Waals surface area contributed by atoms with E-state index in [0.717, 1.165) is 18.6 Å². The van der Waals surface area contributed by atoms with Crippen LogP contribution in [0.1, 0.15) is 43.7 Å². The fourth-order valence-corrected chi connectivity index (χ4v) is 1.92. The van der Waals surface area contributed by atoms with Crippen molar-refractivity contribution in [1.82, 2.24) is 0 Å².